The molecule has 1 saturated carbocycles. The largest absolute Gasteiger partial charge is 0.475 e. The minimum Gasteiger partial charge on any atom is -0.462 e. The summed E-state index contributed by atoms with van der Waals surface area (Å²) in [5.41, 5.74) is 0. The summed E-state index contributed by atoms with van der Waals surface area (Å²) in [6, 6.07) is 0.505. The fourth-order valence-corrected chi connectivity index (χ4v) is 6.12. The Labute approximate surface area is 243 Å². The molecule has 0 aliphatic heterocycles. The third kappa shape index (κ3) is 14.4. The van der Waals surface area contributed by atoms with Gasteiger partial charge in [-0.15, -0.1) is 0 Å². The Hall–Kier alpha value is -0.963. The maximum atomic E-state index is 14.9. The molecule has 242 valence electrons. The summed E-state index contributed by atoms with van der Waals surface area (Å²) in [6.45, 7) is 8.91. The number of esters is 2. The highest BCUT2D eigenvalue weighted by Gasteiger charge is 2.53. The van der Waals surface area contributed by atoms with Crippen molar-refractivity contribution in [2.45, 2.75) is 134 Å². The predicted octanol–water partition coefficient (Wildman–Crippen LogP) is 3.26. The van der Waals surface area contributed by atoms with Gasteiger partial charge in [-0.2, -0.15) is 0 Å². The number of aliphatic hydroxyl groups excluding tert-OH is 4. The highest BCUT2D eigenvalue weighted by Crippen LogP contribution is 2.53. The van der Waals surface area contributed by atoms with Crippen molar-refractivity contribution in [3.8, 4) is 0 Å². The fourth-order valence-electron chi connectivity index (χ4n) is 3.83. The third-order valence-electron chi connectivity index (χ3n) is 6.49. The van der Waals surface area contributed by atoms with E-state index in [1.807, 2.05) is 33.5 Å². The molecule has 1 fully saturated rings. The van der Waals surface area contributed by atoms with Crippen LogP contribution in [0.25, 0.3) is 0 Å². The van der Waals surface area contributed by atoms with Gasteiger partial charge in [0.2, 0.25) is 0 Å². The molecular weight excluding hydrogens is 582 g/mol. The van der Waals surface area contributed by atoms with Crippen LogP contribution in [-0.4, -0.2) is 103 Å². The summed E-state index contributed by atoms with van der Waals surface area (Å²) in [5.74, 6) is -1.10. The zero-order chi connectivity index (χ0) is 31.2. The number of aliphatic hydroxyl groups is 4. The van der Waals surface area contributed by atoms with Gasteiger partial charge in [0.15, 0.2) is 12.3 Å². The van der Waals surface area contributed by atoms with Crippen molar-refractivity contribution in [3.05, 3.63) is 0 Å². The molecule has 0 heterocycles. The van der Waals surface area contributed by atoms with Crippen molar-refractivity contribution in [2.75, 3.05) is 19.8 Å². The van der Waals surface area contributed by atoms with E-state index in [9.17, 15) is 39.0 Å². The molecule has 0 aromatic heterocycles. The Balaban J connectivity index is 3.05. The molecule has 8 atom stereocenters. The van der Waals surface area contributed by atoms with Gasteiger partial charge in [-0.3, -0.25) is 23.2 Å². The Bertz CT molecular complexity index is 813. The number of phosphoric ester groups is 1. The number of ether oxygens (including phenoxy) is 2. The van der Waals surface area contributed by atoms with Crippen LogP contribution in [0.2, 0.25) is 25.7 Å². The number of phosphoric acid groups is 1. The number of carbonyl (C=O) groups is 2. The monoisotopic (exact) mass is 632 g/mol. The second kappa shape index (κ2) is 18.6. The van der Waals surface area contributed by atoms with Crippen molar-refractivity contribution >= 4 is 27.8 Å². The number of carbonyl (C=O) groups excluding carboxylic acids is 2. The van der Waals surface area contributed by atoms with E-state index in [1.165, 1.54) is 0 Å². The van der Waals surface area contributed by atoms with Gasteiger partial charge < -0.3 is 29.9 Å². The minimum atomic E-state index is -4.73. The molecule has 0 spiro atoms. The molecule has 0 radical (unpaired) electrons. The first kappa shape index (κ1) is 38.1. The smallest absolute Gasteiger partial charge is 0.462 e. The molecule has 12 nitrogen and oxygen atoms in total. The van der Waals surface area contributed by atoms with Crippen LogP contribution in [0.1, 0.15) is 65.2 Å². The lowest BCUT2D eigenvalue weighted by molar-refractivity contribution is -0.204. The summed E-state index contributed by atoms with van der Waals surface area (Å²) >= 11 is 0. The average molecular weight is 633 g/mol. The van der Waals surface area contributed by atoms with Crippen LogP contribution >= 0.6 is 7.82 Å². The van der Waals surface area contributed by atoms with Crippen LogP contribution in [0, 0.1) is 0 Å². The maximum Gasteiger partial charge on any atom is 0.475 e. The predicted molar refractivity (Wildman–Crippen MR) is 151 cm³/mol. The van der Waals surface area contributed by atoms with Crippen LogP contribution in [0.15, 0.2) is 0 Å². The lowest BCUT2D eigenvalue weighted by atomic mass is 9.86. The van der Waals surface area contributed by atoms with E-state index in [4.69, 9.17) is 23.0 Å². The SMILES string of the molecule is CCCCCC(=O)OC[C@H](COP(=O)(OCC[Si](C)(C)C)O[C@H]1[C@H](O)[C@@H](O)[C@H](O)[C@@H](O)[C@@H]1F)OC(=O)CCCCC. The topological polar surface area (TPSA) is 178 Å². The van der Waals surface area contributed by atoms with Crippen LogP contribution < -0.4 is 0 Å². The number of hydrogen-bond donors (Lipinski definition) is 4. The van der Waals surface area contributed by atoms with Crippen molar-refractivity contribution in [1.82, 2.24) is 0 Å². The second-order valence-corrected chi connectivity index (χ2v) is 18.8. The van der Waals surface area contributed by atoms with Gasteiger partial charge in [-0.25, -0.2) is 8.96 Å². The summed E-state index contributed by atoms with van der Waals surface area (Å²) in [5, 5.41) is 40.0. The molecular formula is C26H50FO12PSi. The fraction of sp³-hybridized carbons (Fsp3) is 0.923. The summed E-state index contributed by atoms with van der Waals surface area (Å²) in [4.78, 5) is 24.5. The molecule has 1 unspecified atom stereocenters. The molecule has 41 heavy (non-hydrogen) atoms. The first-order valence-electron chi connectivity index (χ1n) is 14.4. The van der Waals surface area contributed by atoms with Gasteiger partial charge >= 0.3 is 19.8 Å². The number of halogens is 1. The lowest BCUT2D eigenvalue weighted by Gasteiger charge is -2.41. The molecule has 0 amide bonds. The first-order valence-corrected chi connectivity index (χ1v) is 19.6. The van der Waals surface area contributed by atoms with E-state index in [0.29, 0.717) is 18.9 Å². The maximum absolute atomic E-state index is 14.9. The Morgan fingerprint density at radius 1 is 0.829 bits per heavy atom. The zero-order valence-electron chi connectivity index (χ0n) is 24.9. The number of hydrogen-bond acceptors (Lipinski definition) is 12. The van der Waals surface area contributed by atoms with Gasteiger partial charge in [0.25, 0.3) is 0 Å². The van der Waals surface area contributed by atoms with Gasteiger partial charge in [0, 0.05) is 20.9 Å². The van der Waals surface area contributed by atoms with Crippen molar-refractivity contribution in [1.29, 1.82) is 0 Å². The van der Waals surface area contributed by atoms with Crippen molar-refractivity contribution in [2.24, 2.45) is 0 Å². The van der Waals surface area contributed by atoms with Crippen LogP contribution in [0.3, 0.4) is 0 Å². The molecule has 4 N–H and O–H groups in total. The summed E-state index contributed by atoms with van der Waals surface area (Å²) in [6.07, 6.45) is -9.03. The molecule has 1 aliphatic carbocycles. The number of rotatable bonds is 20. The van der Waals surface area contributed by atoms with E-state index in [1.54, 1.807) is 0 Å². The Morgan fingerprint density at radius 3 is 1.95 bits per heavy atom. The van der Waals surface area contributed by atoms with E-state index in [-0.39, 0.29) is 19.4 Å². The molecule has 0 saturated heterocycles. The number of unbranched alkanes of at least 4 members (excludes halogenated alkanes) is 4. The van der Waals surface area contributed by atoms with E-state index < -0.39 is 83.8 Å². The lowest BCUT2D eigenvalue weighted by Crippen LogP contribution is -2.62. The number of alkyl halides is 1. The second-order valence-electron chi connectivity index (χ2n) is 11.6. The Kier molecular flexibility index (Phi) is 17.3. The zero-order valence-corrected chi connectivity index (χ0v) is 26.8. The van der Waals surface area contributed by atoms with Crippen LogP contribution in [0.5, 0.6) is 0 Å². The molecule has 15 heteroatoms. The van der Waals surface area contributed by atoms with Crippen LogP contribution in [-0.2, 0) is 37.2 Å². The van der Waals surface area contributed by atoms with Crippen LogP contribution in [0.4, 0.5) is 4.39 Å². The molecule has 0 aromatic rings. The minimum absolute atomic E-state index is 0.103. The normalized spacial score (nSPS) is 27.2. The quantitative estimate of drug-likeness (QED) is 0.0667. The average Bonchev–Trinajstić information content (AvgIpc) is 2.90. The standard InChI is InChI=1S/C26H50FO12PSi/c1-6-8-10-12-19(28)35-16-18(38-20(29)13-11-9-7-2)17-37-40(34,36-14-15-41(3,4)5)39-26-21(27)22(30)23(31)24(32)25(26)33/h18,21-26,30-33H,6-17H2,1-5H3/t18-,21+,22+,23-,24+,25-,26-,40?/m1/s1. The first-order chi connectivity index (χ1) is 19.1. The van der Waals surface area contributed by atoms with E-state index >= 15 is 0 Å². The summed E-state index contributed by atoms with van der Waals surface area (Å²) in [7, 11) is -6.44. The highest BCUT2D eigenvalue weighted by molar-refractivity contribution is 7.48. The highest BCUT2D eigenvalue weighted by atomic mass is 31.2. The molecule has 1 aliphatic rings. The Morgan fingerprint density at radius 2 is 1.39 bits per heavy atom. The van der Waals surface area contributed by atoms with Crippen molar-refractivity contribution in [3.63, 3.8) is 0 Å². The van der Waals surface area contributed by atoms with E-state index in [0.717, 1.165) is 25.7 Å². The molecule has 0 bridgehead atoms. The van der Waals surface area contributed by atoms with Crippen molar-refractivity contribution < 1.29 is 62.0 Å². The van der Waals surface area contributed by atoms with Gasteiger partial charge in [-0.1, -0.05) is 59.2 Å². The van der Waals surface area contributed by atoms with E-state index in [2.05, 4.69) is 0 Å². The van der Waals surface area contributed by atoms with Gasteiger partial charge in [-0.05, 0) is 18.9 Å². The third-order valence-corrected chi connectivity index (χ3v) is 9.66. The molecule has 0 aromatic carbocycles. The van der Waals surface area contributed by atoms with Gasteiger partial charge in [0.05, 0.1) is 13.2 Å². The van der Waals surface area contributed by atoms with Gasteiger partial charge in [0.1, 0.15) is 37.1 Å². The summed E-state index contributed by atoms with van der Waals surface area (Å²) < 4.78 is 55.3. The molecule has 1 rings (SSSR count).